The molecule has 140 valence electrons. The van der Waals surface area contributed by atoms with E-state index in [1.807, 2.05) is 32.0 Å². The van der Waals surface area contributed by atoms with Gasteiger partial charge in [0.25, 0.3) is 0 Å². The third kappa shape index (κ3) is 16.0. The minimum atomic E-state index is 0.662. The molecule has 0 fully saturated rings. The lowest BCUT2D eigenvalue weighted by Gasteiger charge is -2.06. The summed E-state index contributed by atoms with van der Waals surface area (Å²) in [5, 5.41) is 0. The summed E-state index contributed by atoms with van der Waals surface area (Å²) in [5.74, 6) is 0. The maximum absolute atomic E-state index is 5.58. The number of ether oxygens (including phenoxy) is 3. The monoisotopic (exact) mass is 338 g/mol. The normalized spacial score (nSPS) is 10.3. The fraction of sp³-hybridized carbons (Fsp3) is 0.714. The second-order valence-corrected chi connectivity index (χ2v) is 5.53. The third-order valence-corrected chi connectivity index (χ3v) is 3.45. The summed E-state index contributed by atoms with van der Waals surface area (Å²) in [4.78, 5) is 0. The largest absolute Gasteiger partial charge is 0.381 e. The van der Waals surface area contributed by atoms with E-state index in [-0.39, 0.29) is 0 Å². The molecule has 3 heteroatoms. The number of rotatable bonds is 15. The molecule has 0 unspecified atom stereocenters. The second kappa shape index (κ2) is 20.1. The van der Waals surface area contributed by atoms with Crippen molar-refractivity contribution in [3.63, 3.8) is 0 Å². The Kier molecular flexibility index (Phi) is 19.4. The van der Waals surface area contributed by atoms with Crippen LogP contribution in [0.3, 0.4) is 0 Å². The summed E-state index contributed by atoms with van der Waals surface area (Å²) in [6.45, 7) is 10.9. The zero-order valence-corrected chi connectivity index (χ0v) is 16.1. The molecule has 0 bridgehead atoms. The van der Waals surface area contributed by atoms with Crippen LogP contribution in [-0.2, 0) is 20.8 Å². The van der Waals surface area contributed by atoms with Gasteiger partial charge in [-0.15, -0.1) is 0 Å². The van der Waals surface area contributed by atoms with Crippen molar-refractivity contribution in [3.05, 3.63) is 35.9 Å². The van der Waals surface area contributed by atoms with Gasteiger partial charge in [-0.2, -0.15) is 0 Å². The number of hydrogen-bond acceptors (Lipinski definition) is 3. The van der Waals surface area contributed by atoms with Gasteiger partial charge in [-0.05, 0) is 31.2 Å². The molecule has 0 heterocycles. The molecule has 0 saturated carbocycles. The molecular weight excluding hydrogens is 300 g/mol. The lowest BCUT2D eigenvalue weighted by Crippen LogP contribution is -2.05. The Morgan fingerprint density at radius 1 is 0.625 bits per heavy atom. The molecule has 0 aliphatic carbocycles. The molecule has 0 amide bonds. The SMILES string of the molecule is CC.CCCCCOCCCCCOCCOCc1ccccc1. The molecule has 24 heavy (non-hydrogen) atoms. The highest BCUT2D eigenvalue weighted by Gasteiger charge is 1.94. The van der Waals surface area contributed by atoms with Gasteiger partial charge in [-0.3, -0.25) is 0 Å². The van der Waals surface area contributed by atoms with E-state index in [1.165, 1.54) is 31.2 Å². The van der Waals surface area contributed by atoms with Crippen LogP contribution in [0.5, 0.6) is 0 Å². The van der Waals surface area contributed by atoms with Crippen molar-refractivity contribution < 1.29 is 14.2 Å². The first-order valence-electron chi connectivity index (χ1n) is 9.70. The maximum atomic E-state index is 5.58. The molecule has 1 rings (SSSR count). The van der Waals surface area contributed by atoms with Crippen LogP contribution in [0.15, 0.2) is 30.3 Å². The van der Waals surface area contributed by atoms with Crippen molar-refractivity contribution in [3.8, 4) is 0 Å². The summed E-state index contributed by atoms with van der Waals surface area (Å²) in [5.41, 5.74) is 1.21. The first-order valence-corrected chi connectivity index (χ1v) is 9.70. The Bertz CT molecular complexity index is 327. The molecule has 0 radical (unpaired) electrons. The van der Waals surface area contributed by atoms with Crippen molar-refractivity contribution in [1.82, 2.24) is 0 Å². The van der Waals surface area contributed by atoms with Gasteiger partial charge in [0.05, 0.1) is 19.8 Å². The summed E-state index contributed by atoms with van der Waals surface area (Å²) in [6, 6.07) is 10.2. The average molecular weight is 339 g/mol. The first kappa shape index (κ1) is 23.1. The first-order chi connectivity index (χ1) is 11.9. The van der Waals surface area contributed by atoms with E-state index in [1.54, 1.807) is 0 Å². The van der Waals surface area contributed by atoms with Gasteiger partial charge in [0.2, 0.25) is 0 Å². The lowest BCUT2D eigenvalue weighted by atomic mass is 10.2. The summed E-state index contributed by atoms with van der Waals surface area (Å²) < 4.78 is 16.7. The van der Waals surface area contributed by atoms with Crippen LogP contribution in [0.4, 0.5) is 0 Å². The predicted molar refractivity (Wildman–Crippen MR) is 102 cm³/mol. The Morgan fingerprint density at radius 2 is 1.17 bits per heavy atom. The molecule has 0 atom stereocenters. The van der Waals surface area contributed by atoms with E-state index in [2.05, 4.69) is 19.1 Å². The molecule has 0 spiro atoms. The number of hydrogen-bond donors (Lipinski definition) is 0. The van der Waals surface area contributed by atoms with Gasteiger partial charge >= 0.3 is 0 Å². The Balaban J connectivity index is 0.00000254. The topological polar surface area (TPSA) is 27.7 Å². The summed E-state index contributed by atoms with van der Waals surface area (Å²) >= 11 is 0. The van der Waals surface area contributed by atoms with Crippen LogP contribution in [0, 0.1) is 0 Å². The molecule has 0 aliphatic rings. The summed E-state index contributed by atoms with van der Waals surface area (Å²) in [7, 11) is 0. The maximum Gasteiger partial charge on any atom is 0.0718 e. The smallest absolute Gasteiger partial charge is 0.0718 e. The summed E-state index contributed by atoms with van der Waals surface area (Å²) in [6.07, 6.45) is 7.16. The Hall–Kier alpha value is -0.900. The van der Waals surface area contributed by atoms with E-state index in [0.717, 1.165) is 32.7 Å². The van der Waals surface area contributed by atoms with Gasteiger partial charge in [-0.1, -0.05) is 63.9 Å². The highest BCUT2D eigenvalue weighted by atomic mass is 16.5. The minimum Gasteiger partial charge on any atom is -0.381 e. The fourth-order valence-corrected chi connectivity index (χ4v) is 2.13. The molecule has 1 aromatic rings. The lowest BCUT2D eigenvalue weighted by molar-refractivity contribution is 0.0385. The average Bonchev–Trinajstić information content (AvgIpc) is 2.64. The molecular formula is C21H38O3. The van der Waals surface area contributed by atoms with Gasteiger partial charge < -0.3 is 14.2 Å². The quantitative estimate of drug-likeness (QED) is 0.388. The van der Waals surface area contributed by atoms with Crippen LogP contribution >= 0.6 is 0 Å². The van der Waals surface area contributed by atoms with E-state index in [9.17, 15) is 0 Å². The van der Waals surface area contributed by atoms with Crippen molar-refractivity contribution in [1.29, 1.82) is 0 Å². The van der Waals surface area contributed by atoms with Crippen molar-refractivity contribution in [2.45, 2.75) is 65.9 Å². The van der Waals surface area contributed by atoms with Crippen molar-refractivity contribution >= 4 is 0 Å². The van der Waals surface area contributed by atoms with Crippen LogP contribution in [0.1, 0.15) is 64.9 Å². The van der Waals surface area contributed by atoms with Crippen LogP contribution in [0.25, 0.3) is 0 Å². The van der Waals surface area contributed by atoms with E-state index >= 15 is 0 Å². The Labute approximate surface area is 149 Å². The number of benzene rings is 1. The molecule has 3 nitrogen and oxygen atoms in total. The minimum absolute atomic E-state index is 0.662. The van der Waals surface area contributed by atoms with Gasteiger partial charge in [0.15, 0.2) is 0 Å². The fourth-order valence-electron chi connectivity index (χ4n) is 2.13. The molecule has 0 saturated heterocycles. The zero-order valence-electron chi connectivity index (χ0n) is 16.1. The molecule has 0 aromatic heterocycles. The molecule has 1 aromatic carbocycles. The van der Waals surface area contributed by atoms with E-state index < -0.39 is 0 Å². The number of unbranched alkanes of at least 4 members (excludes halogenated alkanes) is 4. The van der Waals surface area contributed by atoms with Crippen LogP contribution in [-0.4, -0.2) is 33.0 Å². The van der Waals surface area contributed by atoms with Gasteiger partial charge in [0.1, 0.15) is 0 Å². The van der Waals surface area contributed by atoms with E-state index in [4.69, 9.17) is 14.2 Å². The van der Waals surface area contributed by atoms with Crippen LogP contribution < -0.4 is 0 Å². The molecule has 0 N–H and O–H groups in total. The second-order valence-electron chi connectivity index (χ2n) is 5.53. The van der Waals surface area contributed by atoms with Gasteiger partial charge in [-0.25, -0.2) is 0 Å². The standard InChI is InChI=1S/C19H32O3.C2H6/c1-2-3-8-13-20-14-9-5-10-15-21-16-17-22-18-19-11-6-4-7-12-19;1-2/h4,6-7,11-12H,2-3,5,8-10,13-18H2,1H3;1-2H3. The van der Waals surface area contributed by atoms with Crippen LogP contribution in [0.2, 0.25) is 0 Å². The molecule has 0 aliphatic heterocycles. The van der Waals surface area contributed by atoms with Crippen molar-refractivity contribution in [2.24, 2.45) is 0 Å². The van der Waals surface area contributed by atoms with Gasteiger partial charge in [0, 0.05) is 19.8 Å². The van der Waals surface area contributed by atoms with Crippen molar-refractivity contribution in [2.75, 3.05) is 33.0 Å². The third-order valence-electron chi connectivity index (χ3n) is 3.45. The highest BCUT2D eigenvalue weighted by molar-refractivity contribution is 5.13. The Morgan fingerprint density at radius 3 is 1.79 bits per heavy atom. The highest BCUT2D eigenvalue weighted by Crippen LogP contribution is 2.01. The predicted octanol–water partition coefficient (Wildman–Crippen LogP) is 5.62. The van der Waals surface area contributed by atoms with E-state index in [0.29, 0.717) is 19.8 Å². The zero-order chi connectivity index (χ0) is 17.7.